The number of alkyl carbamates (subject to hydrolysis) is 2. The van der Waals surface area contributed by atoms with Gasteiger partial charge in [-0.25, -0.2) is 54.2 Å². The molecule has 0 aliphatic carbocycles. The Kier molecular flexibility index (Phi) is 37.1. The second kappa shape index (κ2) is 42.8. The molecule has 34 nitrogen and oxygen atoms in total. The first-order valence-corrected chi connectivity index (χ1v) is 41.0. The van der Waals surface area contributed by atoms with E-state index in [9.17, 15) is 73.5 Å². The van der Waals surface area contributed by atoms with Gasteiger partial charge >= 0.3 is 42.0 Å². The van der Waals surface area contributed by atoms with Gasteiger partial charge in [0.25, 0.3) is 11.8 Å². The number of carbonyl (C=O) groups excluding carboxylic acids is 7. The van der Waals surface area contributed by atoms with Crippen molar-refractivity contribution in [2.24, 2.45) is 11.5 Å². The van der Waals surface area contributed by atoms with Crippen molar-refractivity contribution in [2.45, 2.75) is 153 Å². The molecule has 612 valence electrons. The number of nitrogens with zero attached hydrogens (tertiary/aromatic N) is 2. The van der Waals surface area contributed by atoms with Gasteiger partial charge < -0.3 is 91.1 Å². The third-order valence-electron chi connectivity index (χ3n) is 14.9. The average molecular weight is 1730 g/mol. The van der Waals surface area contributed by atoms with Crippen LogP contribution in [-0.2, 0) is 122 Å². The van der Waals surface area contributed by atoms with Gasteiger partial charge in [0.1, 0.15) is 51.5 Å². The minimum Gasteiger partial charge on any atom is -0.480 e. The van der Waals surface area contributed by atoms with E-state index < -0.39 is 119 Å². The number of methoxy groups -OCH3 is 3. The molecule has 6 heterocycles. The molecule has 2 aromatic carbocycles. The molecular formula is C68H90Cl4N12O22S5. The van der Waals surface area contributed by atoms with Crippen molar-refractivity contribution in [2.75, 3.05) is 52.9 Å². The summed E-state index contributed by atoms with van der Waals surface area (Å²) in [6.07, 6.45) is 12.4. The molecule has 0 spiro atoms. The van der Waals surface area contributed by atoms with Crippen molar-refractivity contribution >= 4 is 155 Å². The second-order valence-corrected chi connectivity index (χ2v) is 34.8. The van der Waals surface area contributed by atoms with Crippen molar-refractivity contribution in [3.05, 3.63) is 151 Å². The van der Waals surface area contributed by atoms with Gasteiger partial charge in [0.15, 0.2) is 19.7 Å². The number of aromatic amines is 5. The van der Waals surface area contributed by atoms with E-state index >= 15 is 0 Å². The number of nitrogens with two attached hydrogens (primary N) is 2. The predicted octanol–water partition coefficient (Wildman–Crippen LogP) is 6.91. The van der Waals surface area contributed by atoms with Crippen LogP contribution in [0.2, 0.25) is 15.1 Å². The van der Waals surface area contributed by atoms with Gasteiger partial charge in [-0.1, -0.05) is 34.8 Å². The maximum Gasteiger partial charge on any atom is 0.408 e. The molecule has 1 aliphatic heterocycles. The molecule has 0 radical (unpaired) electrons. The molecule has 0 bridgehead atoms. The number of nitrogens with one attached hydrogen (secondary N) is 8. The number of aromatic nitrogens is 6. The fourth-order valence-electron chi connectivity index (χ4n) is 9.65. The fourth-order valence-corrected chi connectivity index (χ4v) is 13.1. The maximum absolute atomic E-state index is 13.1. The zero-order valence-electron chi connectivity index (χ0n) is 62.4. The molecule has 7 aromatic rings. The lowest BCUT2D eigenvalue weighted by Gasteiger charge is -2.30. The van der Waals surface area contributed by atoms with Gasteiger partial charge in [-0.15, -0.1) is 36.8 Å². The number of halogens is 4. The highest BCUT2D eigenvalue weighted by atomic mass is 35.5. The molecule has 0 saturated carbocycles. The molecule has 0 fully saturated rings. The molecular weight excluding hydrogens is 1640 g/mol. The van der Waals surface area contributed by atoms with Crippen molar-refractivity contribution in [3.8, 4) is 0 Å². The lowest BCUT2D eigenvalue weighted by atomic mass is 9.95. The Labute approximate surface area is 671 Å². The Bertz CT molecular complexity index is 4750. The summed E-state index contributed by atoms with van der Waals surface area (Å²) in [6, 6.07) is 9.81. The average Bonchev–Trinajstić information content (AvgIpc) is 1.74. The van der Waals surface area contributed by atoms with Gasteiger partial charge in [-0.3, -0.25) is 19.2 Å². The Morgan fingerprint density at radius 2 is 1.09 bits per heavy atom. The molecule has 111 heavy (non-hydrogen) atoms. The van der Waals surface area contributed by atoms with Crippen LogP contribution in [-0.4, -0.2) is 218 Å². The molecule has 0 saturated heterocycles. The van der Waals surface area contributed by atoms with E-state index in [-0.39, 0.29) is 80.6 Å². The minimum atomic E-state index is -3.62. The lowest BCUT2D eigenvalue weighted by molar-refractivity contribution is -0.143. The summed E-state index contributed by atoms with van der Waals surface area (Å²) in [7, 11) is -6.51. The van der Waals surface area contributed by atoms with Crippen LogP contribution < -0.4 is 27.4 Å². The normalized spacial score (nSPS) is 13.3. The number of thioether (sulfide) groups is 1. The van der Waals surface area contributed by atoms with E-state index in [1.54, 1.807) is 107 Å². The summed E-state index contributed by atoms with van der Waals surface area (Å²) >= 11 is 24.5. The summed E-state index contributed by atoms with van der Waals surface area (Å²) < 4.78 is 92.6. The van der Waals surface area contributed by atoms with Gasteiger partial charge in [0.2, 0.25) is 15.0 Å². The summed E-state index contributed by atoms with van der Waals surface area (Å²) in [5.74, 6) is -5.03. The van der Waals surface area contributed by atoms with Crippen molar-refractivity contribution in [3.63, 3.8) is 0 Å². The largest absolute Gasteiger partial charge is 0.480 e. The van der Waals surface area contributed by atoms with Gasteiger partial charge in [-0.05, 0) is 155 Å². The minimum absolute atomic E-state index is 0. The first kappa shape index (κ1) is 96.4. The van der Waals surface area contributed by atoms with Gasteiger partial charge in [0.05, 0.1) is 47.0 Å². The number of carbonyl (C=O) groups is 9. The number of aliphatic carboxylic acids is 2. The number of benzene rings is 2. The number of amides is 4. The van der Waals surface area contributed by atoms with Crippen LogP contribution >= 0.6 is 71.6 Å². The molecule has 1 aliphatic rings. The Morgan fingerprint density at radius 3 is 1.50 bits per heavy atom. The van der Waals surface area contributed by atoms with E-state index in [0.717, 1.165) is 34.9 Å². The van der Waals surface area contributed by atoms with Gasteiger partial charge in [0, 0.05) is 98.4 Å². The summed E-state index contributed by atoms with van der Waals surface area (Å²) in [5, 5.41) is 27.6. The monoisotopic (exact) mass is 1730 g/mol. The van der Waals surface area contributed by atoms with E-state index in [4.69, 9.17) is 65.6 Å². The number of fused-ring (bicyclic) bond motifs is 1. The third kappa shape index (κ3) is 32.5. The zero-order valence-corrected chi connectivity index (χ0v) is 69.6. The first-order valence-electron chi connectivity index (χ1n) is 32.6. The number of sulfone groups is 3. The highest BCUT2D eigenvalue weighted by molar-refractivity contribution is 7.98. The van der Waals surface area contributed by atoms with E-state index in [0.29, 0.717) is 63.7 Å². The molecule has 5 aromatic heterocycles. The second-order valence-electron chi connectivity index (χ2n) is 26.3. The fraction of sp³-hybridized carbons (Fsp3) is 0.412. The highest BCUT2D eigenvalue weighted by Gasteiger charge is 2.32. The number of carboxylic acid groups (broad SMARTS) is 2. The van der Waals surface area contributed by atoms with Crippen LogP contribution in [0.4, 0.5) is 9.59 Å². The smallest absolute Gasteiger partial charge is 0.408 e. The molecule has 8 rings (SSSR count). The molecule has 14 N–H and O–H groups in total. The van der Waals surface area contributed by atoms with Crippen LogP contribution in [0.25, 0.3) is 0 Å². The number of H-pyrrole nitrogens is 5. The summed E-state index contributed by atoms with van der Waals surface area (Å²) in [4.78, 5) is 125. The Hall–Kier alpha value is -8.77. The summed E-state index contributed by atoms with van der Waals surface area (Å²) in [5.41, 5.74) is 14.4. The van der Waals surface area contributed by atoms with Gasteiger partial charge in [-0.2, -0.15) is 0 Å². The van der Waals surface area contributed by atoms with E-state index in [2.05, 4.69) is 68.0 Å². The van der Waals surface area contributed by atoms with Crippen molar-refractivity contribution in [1.29, 1.82) is 0 Å². The quantitative estimate of drug-likeness (QED) is 0.0126. The first-order chi connectivity index (χ1) is 50.9. The Morgan fingerprint density at radius 1 is 0.622 bits per heavy atom. The van der Waals surface area contributed by atoms with Crippen LogP contribution in [0.3, 0.4) is 0 Å². The van der Waals surface area contributed by atoms with E-state index in [1.165, 1.54) is 52.1 Å². The highest BCUT2D eigenvalue weighted by Crippen LogP contribution is 2.35. The molecule has 0 unspecified atom stereocenters. The lowest BCUT2D eigenvalue weighted by Crippen LogP contribution is -2.45. The van der Waals surface area contributed by atoms with Crippen molar-refractivity contribution in [1.82, 2.24) is 50.8 Å². The number of thiol groups is 1. The standard InChI is InChI=1S/C24H21Cl3N4O6S.C14H22N2O6S.C14H22N2O4S.C9H14N2O4S.C7H10N2O2S.ClH/c1-38(36,37)24-28-10-15(29-24)9-18(23(34)35)30-21(32)19-17(26)8-13-11-31(7-6-16(13)20(19)27)22(33)12-2-4-14(25)5-3-12;1-14(2,3)22-13(18)16-10(12(17)21-4)6-9-7-11(15-8-9)23(5,19)20;1-14(2,3)20-13(18)16-10(12(17)19-4)6-9-7-11(21-5)15-8-9;1-15-9(12)7(10)3-6-4-8(11-5-6)16(2,13)14;8-5(7(10)11)1-4-2-6(12)9-3-4;/h2-5,8,10,18H,6-7,9,11H2,1H3,(H,28,29)(H,30,32)(H,34,35);7-8,10,15H,6H2,1-5H3,(H,16,18);7-8,10,15H,6H2,1-5H3,(H,16,18);4-5,7,11H,3,10H2,1-2H3;2-3,5,9,12H,1,8H2,(H,10,11);1H/t18-;2*10-;7-;5-;/m00000./s1. The number of esters is 3. The Balaban J connectivity index is 0.000000380. The number of carboxylic acids is 2. The molecule has 43 heteroatoms. The number of hydrogen-bond acceptors (Lipinski definition) is 25. The number of rotatable bonds is 24. The van der Waals surface area contributed by atoms with Crippen LogP contribution in [0, 0.1) is 0 Å². The topological polar surface area (TPSA) is 526 Å². The molecule has 4 amide bonds. The number of imidazole rings is 1. The predicted molar refractivity (Wildman–Crippen MR) is 417 cm³/mol. The summed E-state index contributed by atoms with van der Waals surface area (Å²) in [6.45, 7) is 10.9. The zero-order chi connectivity index (χ0) is 83.1. The number of hydrogen-bond donors (Lipinski definition) is 13. The number of ether oxygens (including phenoxy) is 5. The maximum atomic E-state index is 13.1. The molecule has 5 atom stereocenters. The van der Waals surface area contributed by atoms with Crippen LogP contribution in [0.15, 0.2) is 111 Å². The van der Waals surface area contributed by atoms with Crippen LogP contribution in [0.5, 0.6) is 0 Å². The van der Waals surface area contributed by atoms with Crippen LogP contribution in [0.1, 0.15) is 101 Å². The third-order valence-corrected chi connectivity index (χ3v) is 19.7. The SMILES string of the molecule is COC(=O)[C@@H](N)Cc1c[nH]c(S(C)(=O)=O)c1.COC(=O)[C@H](Cc1c[nH]c(S(C)(=O)=O)c1)NC(=O)OC(C)(C)C.COC(=O)[C@H](Cc1c[nH]c(SC)c1)NC(=O)OC(C)(C)C.CS(=O)(=O)c1ncc(C[C@H](NC(=O)c2c(Cl)cc3c(c2Cl)CCN(C(=O)c2ccc(Cl)cc2)C3)C(=O)O)[nH]1.Cl.N[C@@H](Cc1c[nH]c(S)c1)C(=O)O. The van der Waals surface area contributed by atoms with Crippen molar-refractivity contribution < 1.29 is 102 Å². The van der Waals surface area contributed by atoms with E-state index in [1.807, 2.05) is 12.3 Å².